The van der Waals surface area contributed by atoms with Crippen LogP contribution in [0.25, 0.3) is 11.0 Å². The summed E-state index contributed by atoms with van der Waals surface area (Å²) in [6.45, 7) is 2.62. The molecule has 8 nitrogen and oxygen atoms in total. The Bertz CT molecular complexity index is 814. The first-order chi connectivity index (χ1) is 10.6. The Morgan fingerprint density at radius 2 is 2.08 bits per heavy atom. The molecule has 0 saturated carbocycles. The smallest absolute Gasteiger partial charge is 0.327 e. The van der Waals surface area contributed by atoms with Gasteiger partial charge in [-0.15, -0.1) is 24.8 Å². The number of pyridine rings is 1. The van der Waals surface area contributed by atoms with Crippen molar-refractivity contribution >= 4 is 41.8 Å². The maximum atomic E-state index is 12.1. The van der Waals surface area contributed by atoms with Gasteiger partial charge in [0.15, 0.2) is 0 Å². The van der Waals surface area contributed by atoms with Gasteiger partial charge in [-0.05, 0) is 37.9 Å². The molecule has 0 bridgehead atoms. The molecule has 1 aliphatic heterocycles. The molecule has 1 saturated heterocycles. The van der Waals surface area contributed by atoms with Gasteiger partial charge in [-0.1, -0.05) is 0 Å². The van der Waals surface area contributed by atoms with Crippen LogP contribution in [0.5, 0.6) is 0 Å². The van der Waals surface area contributed by atoms with Gasteiger partial charge in [-0.25, -0.2) is 9.78 Å². The van der Waals surface area contributed by atoms with Gasteiger partial charge in [-0.2, -0.15) is 0 Å². The molecule has 0 spiro atoms. The van der Waals surface area contributed by atoms with Crippen molar-refractivity contribution in [3.8, 4) is 0 Å². The molecular weight excluding hydrogens is 357 g/mol. The number of nitrogens with one attached hydrogen (secondary N) is 4. The number of fused-ring (bicyclic) bond motifs is 1. The van der Waals surface area contributed by atoms with Crippen molar-refractivity contribution in [3.63, 3.8) is 0 Å². The molecule has 132 valence electrons. The van der Waals surface area contributed by atoms with E-state index in [1.807, 2.05) is 0 Å². The Morgan fingerprint density at radius 1 is 1.29 bits per heavy atom. The van der Waals surface area contributed by atoms with Crippen LogP contribution in [0.1, 0.15) is 23.2 Å². The lowest BCUT2D eigenvalue weighted by Gasteiger charge is -2.09. The first-order valence-corrected chi connectivity index (χ1v) is 7.25. The largest absolute Gasteiger partial charge is 0.352 e. The summed E-state index contributed by atoms with van der Waals surface area (Å²) >= 11 is 0. The molecule has 0 radical (unpaired) electrons. The van der Waals surface area contributed by atoms with Gasteiger partial charge in [0.1, 0.15) is 5.65 Å². The molecule has 0 aliphatic carbocycles. The van der Waals surface area contributed by atoms with E-state index in [0.717, 1.165) is 25.9 Å². The Labute approximate surface area is 149 Å². The molecular formula is C14H19Cl2N5O3. The third kappa shape index (κ3) is 4.56. The number of aromatic amines is 2. The SMILES string of the molecule is Cl.Cl.O=C(NCCC1CCNC1)c1cnc2[nH]c(=O)[nH]c(=O)c2c1. The summed E-state index contributed by atoms with van der Waals surface area (Å²) in [5.74, 6) is 0.328. The Balaban J connectivity index is 0.00000144. The highest BCUT2D eigenvalue weighted by Gasteiger charge is 2.15. The van der Waals surface area contributed by atoms with E-state index in [-0.39, 0.29) is 41.8 Å². The molecule has 4 N–H and O–H groups in total. The van der Waals surface area contributed by atoms with Crippen LogP contribution < -0.4 is 21.9 Å². The molecule has 1 aliphatic rings. The maximum absolute atomic E-state index is 12.1. The molecule has 1 fully saturated rings. The number of hydrogen-bond donors (Lipinski definition) is 4. The van der Waals surface area contributed by atoms with Crippen LogP contribution in [-0.2, 0) is 0 Å². The van der Waals surface area contributed by atoms with Crippen LogP contribution in [0.4, 0.5) is 0 Å². The van der Waals surface area contributed by atoms with Gasteiger partial charge >= 0.3 is 5.69 Å². The molecule has 2 aromatic heterocycles. The monoisotopic (exact) mass is 375 g/mol. The van der Waals surface area contributed by atoms with Crippen molar-refractivity contribution in [2.24, 2.45) is 5.92 Å². The summed E-state index contributed by atoms with van der Waals surface area (Å²) in [4.78, 5) is 43.4. The fourth-order valence-corrected chi connectivity index (χ4v) is 2.62. The van der Waals surface area contributed by atoms with Crippen molar-refractivity contribution in [1.29, 1.82) is 0 Å². The normalized spacial score (nSPS) is 16.2. The zero-order valence-corrected chi connectivity index (χ0v) is 14.4. The number of carbonyl (C=O) groups excluding carboxylic acids is 1. The molecule has 1 unspecified atom stereocenters. The topological polar surface area (TPSA) is 120 Å². The van der Waals surface area contributed by atoms with Gasteiger partial charge in [0.05, 0.1) is 10.9 Å². The lowest BCUT2D eigenvalue weighted by molar-refractivity contribution is 0.0951. The van der Waals surface area contributed by atoms with E-state index >= 15 is 0 Å². The minimum Gasteiger partial charge on any atom is -0.352 e. The lowest BCUT2D eigenvalue weighted by Crippen LogP contribution is -2.27. The summed E-state index contributed by atoms with van der Waals surface area (Å²) in [7, 11) is 0. The molecule has 0 aromatic carbocycles. The van der Waals surface area contributed by atoms with Crippen molar-refractivity contribution in [3.05, 3.63) is 38.7 Å². The Hall–Kier alpha value is -1.90. The number of H-pyrrole nitrogens is 2. The molecule has 1 atom stereocenters. The number of hydrogen-bond acceptors (Lipinski definition) is 5. The van der Waals surface area contributed by atoms with E-state index < -0.39 is 11.2 Å². The highest BCUT2D eigenvalue weighted by molar-refractivity contribution is 5.96. The highest BCUT2D eigenvalue weighted by Crippen LogP contribution is 2.11. The number of rotatable bonds is 4. The quantitative estimate of drug-likeness (QED) is 0.607. The second-order valence-corrected chi connectivity index (χ2v) is 5.43. The van der Waals surface area contributed by atoms with E-state index in [1.165, 1.54) is 12.3 Å². The summed E-state index contributed by atoms with van der Waals surface area (Å²) in [6, 6.07) is 1.43. The molecule has 2 aromatic rings. The standard InChI is InChI=1S/C14H17N5O3.2ClH/c20-12(16-4-2-8-1-3-15-6-8)9-5-10-11(17-7-9)18-14(22)19-13(10)21;;/h5,7-8,15H,1-4,6H2,(H,16,20)(H2,17,18,19,21,22);2*1H. The van der Waals surface area contributed by atoms with Gasteiger partial charge < -0.3 is 10.6 Å². The van der Waals surface area contributed by atoms with Gasteiger partial charge in [0.2, 0.25) is 0 Å². The lowest BCUT2D eigenvalue weighted by atomic mass is 10.1. The number of nitrogens with zero attached hydrogens (tertiary/aromatic N) is 1. The fraction of sp³-hybridized carbons (Fsp3) is 0.429. The van der Waals surface area contributed by atoms with Crippen LogP contribution in [-0.4, -0.2) is 40.5 Å². The van der Waals surface area contributed by atoms with Gasteiger partial charge in [-0.3, -0.25) is 19.6 Å². The Morgan fingerprint density at radius 3 is 2.79 bits per heavy atom. The second-order valence-electron chi connectivity index (χ2n) is 5.43. The van der Waals surface area contributed by atoms with Gasteiger partial charge in [0, 0.05) is 12.7 Å². The minimum atomic E-state index is -0.618. The van der Waals surface area contributed by atoms with Crippen LogP contribution in [0, 0.1) is 5.92 Å². The molecule has 10 heteroatoms. The van der Waals surface area contributed by atoms with E-state index in [2.05, 4.69) is 25.6 Å². The third-order valence-corrected chi connectivity index (χ3v) is 3.85. The number of amides is 1. The Kier molecular flexibility index (Phi) is 7.40. The van der Waals surface area contributed by atoms with Crippen LogP contribution >= 0.6 is 24.8 Å². The predicted molar refractivity (Wildman–Crippen MR) is 95.4 cm³/mol. The van der Waals surface area contributed by atoms with E-state index in [1.54, 1.807) is 0 Å². The first kappa shape index (κ1) is 20.1. The van der Waals surface area contributed by atoms with E-state index in [4.69, 9.17) is 0 Å². The van der Waals surface area contributed by atoms with E-state index in [0.29, 0.717) is 18.0 Å². The molecule has 3 heterocycles. The average Bonchev–Trinajstić information content (AvgIpc) is 3.00. The first-order valence-electron chi connectivity index (χ1n) is 7.25. The zero-order valence-electron chi connectivity index (χ0n) is 12.8. The zero-order chi connectivity index (χ0) is 15.5. The molecule has 24 heavy (non-hydrogen) atoms. The van der Waals surface area contributed by atoms with Crippen LogP contribution in [0.2, 0.25) is 0 Å². The van der Waals surface area contributed by atoms with Crippen LogP contribution in [0.3, 0.4) is 0 Å². The van der Waals surface area contributed by atoms with Gasteiger partial charge in [0.25, 0.3) is 11.5 Å². The summed E-state index contributed by atoms with van der Waals surface area (Å²) in [6.07, 6.45) is 3.41. The summed E-state index contributed by atoms with van der Waals surface area (Å²) in [5, 5.41) is 6.30. The maximum Gasteiger partial charge on any atom is 0.327 e. The third-order valence-electron chi connectivity index (χ3n) is 3.85. The second kappa shape index (κ2) is 8.81. The minimum absolute atomic E-state index is 0. The van der Waals surface area contributed by atoms with E-state index in [9.17, 15) is 14.4 Å². The summed E-state index contributed by atoms with van der Waals surface area (Å²) in [5.41, 5.74) is -0.706. The highest BCUT2D eigenvalue weighted by atomic mass is 35.5. The number of carbonyl (C=O) groups is 1. The van der Waals surface area contributed by atoms with Crippen molar-refractivity contribution < 1.29 is 4.79 Å². The average molecular weight is 376 g/mol. The molecule has 1 amide bonds. The number of halogens is 2. The van der Waals surface area contributed by atoms with Crippen molar-refractivity contribution in [1.82, 2.24) is 25.6 Å². The van der Waals surface area contributed by atoms with Crippen molar-refractivity contribution in [2.75, 3.05) is 19.6 Å². The summed E-state index contributed by atoms with van der Waals surface area (Å²) < 4.78 is 0. The fourth-order valence-electron chi connectivity index (χ4n) is 2.62. The molecule has 3 rings (SSSR count). The number of aromatic nitrogens is 3. The van der Waals surface area contributed by atoms with Crippen LogP contribution in [0.15, 0.2) is 21.9 Å². The van der Waals surface area contributed by atoms with Crippen molar-refractivity contribution in [2.45, 2.75) is 12.8 Å². The predicted octanol–water partition coefficient (Wildman–Crippen LogP) is 0.184.